The number of benzene rings is 1. The van der Waals surface area contributed by atoms with Crippen molar-refractivity contribution in [3.8, 4) is 5.75 Å². The number of aryl methyl sites for hydroxylation is 1. The van der Waals surface area contributed by atoms with Crippen molar-refractivity contribution in [2.75, 3.05) is 0 Å². The number of hydrogen-bond donors (Lipinski definition) is 3. The predicted octanol–water partition coefficient (Wildman–Crippen LogP) is 2.81. The smallest absolute Gasteiger partial charge is 0.220 e. The van der Waals surface area contributed by atoms with Gasteiger partial charge >= 0.3 is 0 Å². The number of aliphatic hydroxyl groups is 1. The molecular weight excluding hydrogens is 335 g/mol. The zero-order valence-electron chi connectivity index (χ0n) is 14.5. The molecule has 1 aromatic carbocycles. The van der Waals surface area contributed by atoms with E-state index in [0.717, 1.165) is 5.56 Å². The molecule has 2 aromatic rings. The monoisotopic (exact) mass is 358 g/mol. The first-order valence-corrected chi connectivity index (χ1v) is 8.86. The van der Waals surface area contributed by atoms with Crippen LogP contribution in [0.25, 0.3) is 0 Å². The Labute approximate surface area is 151 Å². The third-order valence-electron chi connectivity index (χ3n) is 4.96. The Balaban J connectivity index is 1.46. The van der Waals surface area contributed by atoms with Gasteiger partial charge in [0.25, 0.3) is 0 Å². The van der Waals surface area contributed by atoms with Crippen molar-refractivity contribution in [2.45, 2.75) is 50.2 Å². The molecule has 0 bridgehead atoms. The van der Waals surface area contributed by atoms with Crippen LogP contribution in [-0.2, 0) is 16.8 Å². The summed E-state index contributed by atoms with van der Waals surface area (Å²) in [5.74, 6) is -0.247. The average Bonchev–Trinajstić information content (AvgIpc) is 2.64. The molecule has 3 rings (SSSR count). The molecule has 1 aliphatic rings. The van der Waals surface area contributed by atoms with Gasteiger partial charge in [0, 0.05) is 12.5 Å². The normalized spacial score (nSPS) is 22.8. The fourth-order valence-electron chi connectivity index (χ4n) is 3.37. The second kappa shape index (κ2) is 7.83. The molecule has 3 N–H and O–H groups in total. The second-order valence-electron chi connectivity index (χ2n) is 6.90. The fraction of sp³-hybridized carbons (Fsp3) is 0.400. The highest BCUT2D eigenvalue weighted by molar-refractivity contribution is 5.76. The molecule has 0 radical (unpaired) electrons. The molecule has 1 aliphatic carbocycles. The van der Waals surface area contributed by atoms with E-state index in [9.17, 15) is 19.4 Å². The van der Waals surface area contributed by atoms with Gasteiger partial charge in [-0.1, -0.05) is 12.1 Å². The molecule has 6 heteroatoms. The van der Waals surface area contributed by atoms with Gasteiger partial charge < -0.3 is 15.5 Å². The van der Waals surface area contributed by atoms with E-state index in [1.54, 1.807) is 18.2 Å². The SMILES string of the molecule is O=C(CCc1ccc(F)cc1)N[C@H]1CC[C@](O)(c2ccc(O)cn2)CC1. The highest BCUT2D eigenvalue weighted by atomic mass is 19.1. The zero-order chi connectivity index (χ0) is 18.6. The zero-order valence-corrected chi connectivity index (χ0v) is 14.5. The van der Waals surface area contributed by atoms with Crippen LogP contribution in [0.5, 0.6) is 5.75 Å². The van der Waals surface area contributed by atoms with Crippen LogP contribution in [0.3, 0.4) is 0 Å². The molecule has 1 amide bonds. The number of amides is 1. The molecular formula is C20H23FN2O3. The van der Waals surface area contributed by atoms with E-state index in [1.807, 2.05) is 0 Å². The summed E-state index contributed by atoms with van der Waals surface area (Å²) in [4.78, 5) is 16.2. The van der Waals surface area contributed by atoms with Crippen LogP contribution in [0.2, 0.25) is 0 Å². The number of pyridine rings is 1. The number of halogens is 1. The molecule has 1 heterocycles. The van der Waals surface area contributed by atoms with Crippen molar-refractivity contribution in [3.63, 3.8) is 0 Å². The Morgan fingerprint density at radius 3 is 2.50 bits per heavy atom. The van der Waals surface area contributed by atoms with Gasteiger partial charge in [-0.25, -0.2) is 4.39 Å². The van der Waals surface area contributed by atoms with Gasteiger partial charge in [-0.05, 0) is 61.9 Å². The van der Waals surface area contributed by atoms with Gasteiger partial charge in [0.05, 0.1) is 11.9 Å². The van der Waals surface area contributed by atoms with Crippen molar-refractivity contribution in [1.82, 2.24) is 10.3 Å². The Kier molecular flexibility index (Phi) is 5.52. The van der Waals surface area contributed by atoms with Crippen LogP contribution in [0.4, 0.5) is 4.39 Å². The summed E-state index contributed by atoms with van der Waals surface area (Å²) in [6, 6.07) is 9.36. The summed E-state index contributed by atoms with van der Waals surface area (Å²) in [5, 5.41) is 23.1. The minimum atomic E-state index is -1.01. The first-order valence-electron chi connectivity index (χ1n) is 8.86. The van der Waals surface area contributed by atoms with Crippen molar-refractivity contribution in [1.29, 1.82) is 0 Å². The predicted molar refractivity (Wildman–Crippen MR) is 94.9 cm³/mol. The van der Waals surface area contributed by atoms with Crippen molar-refractivity contribution in [3.05, 3.63) is 59.7 Å². The number of carbonyl (C=O) groups excluding carboxylic acids is 1. The number of nitrogens with zero attached hydrogens (tertiary/aromatic N) is 1. The van der Waals surface area contributed by atoms with E-state index < -0.39 is 5.60 Å². The minimum Gasteiger partial charge on any atom is -0.506 e. The molecule has 138 valence electrons. The maximum atomic E-state index is 12.9. The lowest BCUT2D eigenvalue weighted by atomic mass is 9.80. The van der Waals surface area contributed by atoms with Crippen LogP contribution in [-0.4, -0.2) is 27.1 Å². The van der Waals surface area contributed by atoms with E-state index in [1.165, 1.54) is 24.4 Å². The molecule has 0 spiro atoms. The van der Waals surface area contributed by atoms with Crippen LogP contribution in [0.15, 0.2) is 42.6 Å². The van der Waals surface area contributed by atoms with Crippen molar-refractivity contribution < 1.29 is 19.4 Å². The van der Waals surface area contributed by atoms with E-state index in [4.69, 9.17) is 0 Å². The summed E-state index contributed by atoms with van der Waals surface area (Å²) < 4.78 is 12.9. The van der Waals surface area contributed by atoms with Crippen LogP contribution >= 0.6 is 0 Å². The molecule has 1 aromatic heterocycles. The minimum absolute atomic E-state index is 0.0347. The van der Waals surface area contributed by atoms with Crippen molar-refractivity contribution >= 4 is 5.91 Å². The lowest BCUT2D eigenvalue weighted by molar-refractivity contribution is -0.122. The summed E-state index contributed by atoms with van der Waals surface area (Å²) >= 11 is 0. The van der Waals surface area contributed by atoms with E-state index >= 15 is 0 Å². The van der Waals surface area contributed by atoms with Gasteiger partial charge in [0.15, 0.2) is 0 Å². The Bertz CT molecular complexity index is 739. The van der Waals surface area contributed by atoms with Crippen LogP contribution in [0.1, 0.15) is 43.4 Å². The van der Waals surface area contributed by atoms with Gasteiger partial charge in [-0.15, -0.1) is 0 Å². The Morgan fingerprint density at radius 1 is 1.19 bits per heavy atom. The number of aromatic hydroxyl groups is 1. The number of carbonyl (C=O) groups is 1. The van der Waals surface area contributed by atoms with E-state index in [2.05, 4.69) is 10.3 Å². The quantitative estimate of drug-likeness (QED) is 0.768. The standard InChI is InChI=1S/C20H23FN2O3/c21-15-4-1-14(2-5-15)3-8-19(25)23-16-9-11-20(26,12-10-16)18-7-6-17(24)13-22-18/h1-2,4-7,13,16,24,26H,3,8-12H2,(H,23,25)/t16-,20+. The molecule has 1 fully saturated rings. The second-order valence-corrected chi connectivity index (χ2v) is 6.90. The summed E-state index contributed by atoms with van der Waals surface area (Å²) in [5.41, 5.74) is 0.470. The molecule has 1 saturated carbocycles. The van der Waals surface area contributed by atoms with Crippen LogP contribution < -0.4 is 5.32 Å². The molecule has 26 heavy (non-hydrogen) atoms. The maximum Gasteiger partial charge on any atom is 0.220 e. The highest BCUT2D eigenvalue weighted by Crippen LogP contribution is 2.36. The van der Waals surface area contributed by atoms with Crippen molar-refractivity contribution in [2.24, 2.45) is 0 Å². The highest BCUT2D eigenvalue weighted by Gasteiger charge is 2.36. The van der Waals surface area contributed by atoms with E-state index in [0.29, 0.717) is 44.2 Å². The summed E-state index contributed by atoms with van der Waals surface area (Å²) in [7, 11) is 0. The number of nitrogens with one attached hydrogen (secondary N) is 1. The molecule has 0 aliphatic heterocycles. The van der Waals surface area contributed by atoms with Gasteiger partial charge in [-0.3, -0.25) is 9.78 Å². The Morgan fingerprint density at radius 2 is 1.88 bits per heavy atom. The molecule has 5 nitrogen and oxygen atoms in total. The molecule has 0 unspecified atom stereocenters. The summed E-state index contributed by atoms with van der Waals surface area (Å²) in [6.45, 7) is 0. The third-order valence-corrected chi connectivity index (χ3v) is 4.96. The first kappa shape index (κ1) is 18.3. The van der Waals surface area contributed by atoms with Crippen LogP contribution in [0, 0.1) is 5.82 Å². The van der Waals surface area contributed by atoms with Gasteiger partial charge in [0.2, 0.25) is 5.91 Å². The fourth-order valence-corrected chi connectivity index (χ4v) is 3.37. The van der Waals surface area contributed by atoms with E-state index in [-0.39, 0.29) is 23.5 Å². The first-order chi connectivity index (χ1) is 12.4. The topological polar surface area (TPSA) is 82.5 Å². The Hall–Kier alpha value is -2.47. The maximum absolute atomic E-state index is 12.9. The lowest BCUT2D eigenvalue weighted by Gasteiger charge is -2.35. The largest absolute Gasteiger partial charge is 0.506 e. The molecule has 0 atom stereocenters. The van der Waals surface area contributed by atoms with Gasteiger partial charge in [0.1, 0.15) is 17.2 Å². The number of rotatable bonds is 5. The lowest BCUT2D eigenvalue weighted by Crippen LogP contribution is -2.42. The summed E-state index contributed by atoms with van der Waals surface area (Å²) in [6.07, 6.45) is 4.60. The third kappa shape index (κ3) is 4.58. The number of hydrogen-bond acceptors (Lipinski definition) is 4. The molecule has 0 saturated heterocycles. The average molecular weight is 358 g/mol. The number of aromatic nitrogens is 1. The van der Waals surface area contributed by atoms with Gasteiger partial charge in [-0.2, -0.15) is 0 Å².